The predicted octanol–water partition coefficient (Wildman–Crippen LogP) is 9.52. The second-order valence-corrected chi connectivity index (χ2v) is 14.4. The summed E-state index contributed by atoms with van der Waals surface area (Å²) in [5.41, 5.74) is -7.06. The highest BCUT2D eigenvalue weighted by Crippen LogP contribution is 2.39. The molecule has 21 heteroatoms. The second kappa shape index (κ2) is 18.5. The van der Waals surface area contributed by atoms with Gasteiger partial charge >= 0.3 is 24.7 Å². The standard InChI is InChI=1S/C34H41F12N7S2/c1-18(2)26(51-29(54)49-24-12-20(31(35,36)37)10-21(13-24)32(38,39)40)16-47-28(53-8-6-5-7-9-53)48-17-27(19(3)4)52-30(55)50-25-14-22(33(41,42)43)11-23(15-25)34(44,45)46/h10-15,18-19,26-27H,5-9,16-17H2,1-4H3,(H,47,48)(H2,49,51,54)(H2,50,52,55)/t26-,27-/m1/s1. The SMILES string of the molecule is CC(C)[C@@H](CN=C(NC[C@@H](NC(=S)Nc1cc(C(F)(F)F)cc(C(F)(F)F)c1)C(C)C)N1CCCCC1)NC(=S)Nc1cc(C(F)(F)F)cc(C(F)(F)F)c1. The predicted molar refractivity (Wildman–Crippen MR) is 195 cm³/mol. The van der Waals surface area contributed by atoms with Gasteiger partial charge in [-0.25, -0.2) is 0 Å². The Morgan fingerprint density at radius 1 is 0.600 bits per heavy atom. The minimum Gasteiger partial charge on any atom is -0.358 e. The molecule has 0 aliphatic carbocycles. The molecule has 0 spiro atoms. The van der Waals surface area contributed by atoms with Gasteiger partial charge in [0.1, 0.15) is 0 Å². The van der Waals surface area contributed by atoms with E-state index in [1.807, 2.05) is 32.6 Å². The number of rotatable bonds is 10. The van der Waals surface area contributed by atoms with Gasteiger partial charge in [-0.3, -0.25) is 4.99 Å². The number of aliphatic imine (C=N–C) groups is 1. The van der Waals surface area contributed by atoms with Crippen molar-refractivity contribution in [3.05, 3.63) is 58.7 Å². The van der Waals surface area contributed by atoms with Crippen molar-refractivity contribution in [3.63, 3.8) is 0 Å². The highest BCUT2D eigenvalue weighted by Gasteiger charge is 2.38. The van der Waals surface area contributed by atoms with Crippen LogP contribution in [-0.4, -0.2) is 59.3 Å². The number of nitrogens with zero attached hydrogens (tertiary/aromatic N) is 2. The molecule has 1 heterocycles. The first-order valence-corrected chi connectivity index (χ1v) is 17.8. The lowest BCUT2D eigenvalue weighted by molar-refractivity contribution is -0.144. The van der Waals surface area contributed by atoms with E-state index in [2.05, 4.69) is 26.6 Å². The normalized spacial score (nSPS) is 15.8. The molecule has 7 nitrogen and oxygen atoms in total. The number of benzene rings is 2. The van der Waals surface area contributed by atoms with Crippen LogP contribution in [0.1, 0.15) is 69.2 Å². The Morgan fingerprint density at radius 2 is 0.964 bits per heavy atom. The van der Waals surface area contributed by atoms with Gasteiger partial charge in [0.15, 0.2) is 16.2 Å². The summed E-state index contributed by atoms with van der Waals surface area (Å²) in [6.45, 7) is 8.75. The largest absolute Gasteiger partial charge is 0.416 e. The van der Waals surface area contributed by atoms with Crippen molar-refractivity contribution in [1.29, 1.82) is 0 Å². The lowest BCUT2D eigenvalue weighted by Crippen LogP contribution is -2.52. The van der Waals surface area contributed by atoms with E-state index in [1.54, 1.807) is 0 Å². The molecule has 1 fully saturated rings. The summed E-state index contributed by atoms with van der Waals surface area (Å²) in [6.07, 6.45) is -17.5. The van der Waals surface area contributed by atoms with Crippen LogP contribution in [0.4, 0.5) is 64.1 Å². The zero-order valence-corrected chi connectivity index (χ0v) is 31.6. The van der Waals surface area contributed by atoms with Gasteiger partial charge in [-0.15, -0.1) is 0 Å². The maximum absolute atomic E-state index is 13.4. The van der Waals surface area contributed by atoms with Crippen LogP contribution in [0.3, 0.4) is 0 Å². The first-order chi connectivity index (χ1) is 25.2. The third-order valence-electron chi connectivity index (χ3n) is 8.51. The number of hydrogen-bond acceptors (Lipinski definition) is 3. The van der Waals surface area contributed by atoms with Crippen LogP contribution >= 0.6 is 24.4 Å². The molecule has 2 aromatic rings. The Balaban J connectivity index is 1.77. The number of thiocarbonyl (C=S) groups is 2. The number of nitrogens with one attached hydrogen (secondary N) is 5. The van der Waals surface area contributed by atoms with Gasteiger partial charge in [0.05, 0.1) is 34.8 Å². The molecule has 0 bridgehead atoms. The summed E-state index contributed by atoms with van der Waals surface area (Å²) in [7, 11) is 0. The van der Waals surface area contributed by atoms with E-state index in [0.717, 1.165) is 19.3 Å². The van der Waals surface area contributed by atoms with Crippen molar-refractivity contribution in [1.82, 2.24) is 20.9 Å². The van der Waals surface area contributed by atoms with Crippen molar-refractivity contribution in [3.8, 4) is 0 Å². The molecule has 0 unspecified atom stereocenters. The van der Waals surface area contributed by atoms with Gasteiger partial charge in [-0.05, 0) is 91.9 Å². The van der Waals surface area contributed by atoms with Crippen molar-refractivity contribution < 1.29 is 52.7 Å². The Kier molecular flexibility index (Phi) is 15.3. The molecule has 3 rings (SSSR count). The highest BCUT2D eigenvalue weighted by molar-refractivity contribution is 7.80. The third kappa shape index (κ3) is 14.4. The fourth-order valence-electron chi connectivity index (χ4n) is 5.36. The lowest BCUT2D eigenvalue weighted by Gasteiger charge is -2.33. The monoisotopic (exact) mass is 839 g/mol. The molecular weight excluding hydrogens is 799 g/mol. The van der Waals surface area contributed by atoms with Crippen LogP contribution in [-0.2, 0) is 24.7 Å². The third-order valence-corrected chi connectivity index (χ3v) is 8.95. The number of guanidine groups is 1. The molecule has 0 saturated carbocycles. The van der Waals surface area contributed by atoms with E-state index in [9.17, 15) is 52.7 Å². The number of alkyl halides is 12. The Morgan fingerprint density at radius 3 is 1.31 bits per heavy atom. The van der Waals surface area contributed by atoms with Gasteiger partial charge in [-0.1, -0.05) is 27.7 Å². The first kappa shape index (κ1) is 45.6. The summed E-state index contributed by atoms with van der Waals surface area (Å²) in [6, 6.07) is 1.05. The quantitative estimate of drug-likeness (QED) is 0.0702. The summed E-state index contributed by atoms with van der Waals surface area (Å²) >= 11 is 10.5. The van der Waals surface area contributed by atoms with E-state index in [-0.39, 0.29) is 47.3 Å². The summed E-state index contributed by atoms with van der Waals surface area (Å²) in [5.74, 6) is 0.114. The molecule has 5 N–H and O–H groups in total. The zero-order chi connectivity index (χ0) is 41.5. The molecule has 308 valence electrons. The molecule has 0 aromatic heterocycles. The maximum Gasteiger partial charge on any atom is 0.416 e. The Hall–Kier alpha value is -3.75. The summed E-state index contributed by atoms with van der Waals surface area (Å²) in [5, 5.41) is 13.5. The molecule has 1 saturated heterocycles. The Labute approximate surface area is 321 Å². The smallest absolute Gasteiger partial charge is 0.358 e. The van der Waals surface area contributed by atoms with E-state index < -0.39 is 70.4 Å². The molecule has 0 radical (unpaired) electrons. The molecule has 55 heavy (non-hydrogen) atoms. The van der Waals surface area contributed by atoms with E-state index in [4.69, 9.17) is 29.4 Å². The van der Waals surface area contributed by atoms with Crippen LogP contribution in [0.25, 0.3) is 0 Å². The fourth-order valence-corrected chi connectivity index (χ4v) is 5.90. The summed E-state index contributed by atoms with van der Waals surface area (Å²) in [4.78, 5) is 6.75. The maximum atomic E-state index is 13.4. The number of likely N-dealkylation sites (tertiary alicyclic amines) is 1. The molecule has 1 aliphatic heterocycles. The number of hydrogen-bond donors (Lipinski definition) is 5. The van der Waals surface area contributed by atoms with Gasteiger partial charge in [0.25, 0.3) is 0 Å². The van der Waals surface area contributed by atoms with E-state index >= 15 is 0 Å². The van der Waals surface area contributed by atoms with Crippen molar-refractivity contribution >= 4 is 52.0 Å². The molecule has 2 aromatic carbocycles. The van der Waals surface area contributed by atoms with Crippen LogP contribution in [0.2, 0.25) is 0 Å². The second-order valence-electron chi connectivity index (χ2n) is 13.6. The Bertz CT molecular complexity index is 1580. The molecule has 2 atom stereocenters. The van der Waals surface area contributed by atoms with Gasteiger partial charge in [-0.2, -0.15) is 52.7 Å². The van der Waals surface area contributed by atoms with Crippen LogP contribution in [0, 0.1) is 11.8 Å². The summed E-state index contributed by atoms with van der Waals surface area (Å²) < 4.78 is 160. The van der Waals surface area contributed by atoms with Crippen LogP contribution in [0.5, 0.6) is 0 Å². The zero-order valence-electron chi connectivity index (χ0n) is 30.0. The van der Waals surface area contributed by atoms with Crippen molar-refractivity contribution in [2.24, 2.45) is 16.8 Å². The molecular formula is C34H41F12N7S2. The number of halogens is 12. The van der Waals surface area contributed by atoms with E-state index in [1.165, 1.54) is 0 Å². The number of piperidine rings is 1. The average molecular weight is 840 g/mol. The average Bonchev–Trinajstić information content (AvgIpc) is 3.05. The first-order valence-electron chi connectivity index (χ1n) is 17.0. The van der Waals surface area contributed by atoms with Crippen molar-refractivity contribution in [2.45, 2.75) is 83.7 Å². The highest BCUT2D eigenvalue weighted by atomic mass is 32.1. The van der Waals surface area contributed by atoms with Crippen molar-refractivity contribution in [2.75, 3.05) is 36.8 Å². The fraction of sp³-hybridized carbons (Fsp3) is 0.559. The van der Waals surface area contributed by atoms with Crippen LogP contribution in [0.15, 0.2) is 41.4 Å². The van der Waals surface area contributed by atoms with Gasteiger partial charge < -0.3 is 31.5 Å². The van der Waals surface area contributed by atoms with Gasteiger partial charge in [0.2, 0.25) is 0 Å². The molecule has 1 aliphatic rings. The lowest BCUT2D eigenvalue weighted by atomic mass is 10.0. The van der Waals surface area contributed by atoms with Crippen LogP contribution < -0.4 is 26.6 Å². The number of anilines is 2. The topological polar surface area (TPSA) is 75.8 Å². The van der Waals surface area contributed by atoms with Gasteiger partial charge in [0, 0.05) is 37.1 Å². The minimum absolute atomic E-state index is 0.00917. The van der Waals surface area contributed by atoms with E-state index in [0.29, 0.717) is 43.3 Å². The minimum atomic E-state index is -5.05. The molecule has 0 amide bonds.